The third-order valence-corrected chi connectivity index (χ3v) is 16.3. The molecule has 3 unspecified atom stereocenters. The van der Waals surface area contributed by atoms with Gasteiger partial charge in [-0.15, -0.1) is 0 Å². The van der Waals surface area contributed by atoms with Gasteiger partial charge in [-0.25, -0.2) is 0 Å². The number of rotatable bonds is 57. The first-order valence-corrected chi connectivity index (χ1v) is 32.0. The van der Waals surface area contributed by atoms with Crippen LogP contribution in [0.5, 0.6) is 0 Å². The Morgan fingerprint density at radius 2 is 0.312 bits per heavy atom. The van der Waals surface area contributed by atoms with E-state index in [9.17, 15) is 0 Å². The van der Waals surface area contributed by atoms with Gasteiger partial charge in [-0.1, -0.05) is 330 Å². The predicted molar refractivity (Wildman–Crippen MR) is 290 cm³/mol. The van der Waals surface area contributed by atoms with Crippen molar-refractivity contribution in [2.75, 3.05) is 0 Å². The zero-order chi connectivity index (χ0) is 46.5. The molecule has 0 aromatic heterocycles. The minimum absolute atomic E-state index is 0.303. The van der Waals surface area contributed by atoms with E-state index in [1.807, 2.05) is 0 Å². The second-order valence-corrected chi connectivity index (χ2v) is 22.5. The van der Waals surface area contributed by atoms with Crippen molar-refractivity contribution < 1.29 is 11.4 Å². The highest BCUT2D eigenvalue weighted by atomic mass is 27.3. The molecule has 0 N–H and O–H groups in total. The van der Waals surface area contributed by atoms with Gasteiger partial charge in [0.25, 0.3) is 0 Å². The molecule has 0 spiro atoms. The van der Waals surface area contributed by atoms with Crippen LogP contribution in [0, 0.1) is 0 Å². The van der Waals surface area contributed by atoms with Crippen LogP contribution in [-0.4, -0.2) is 33.5 Å². The first kappa shape index (κ1) is 64.4. The highest BCUT2D eigenvalue weighted by Gasteiger charge is 2.39. The fraction of sp³-hybridized carbons (Fsp3) is 1.00. The van der Waals surface area contributed by atoms with Crippen molar-refractivity contribution in [3.05, 3.63) is 0 Å². The van der Waals surface area contributed by atoms with E-state index in [1.165, 1.54) is 327 Å². The molecule has 0 heterocycles. The van der Waals surface area contributed by atoms with Crippen LogP contribution in [0.2, 0.25) is 0 Å². The van der Waals surface area contributed by atoms with Crippen LogP contribution in [-0.2, 0) is 11.4 Å². The number of hydrogen-bond donors (Lipinski definition) is 0. The zero-order valence-corrected chi connectivity index (χ0v) is 46.8. The van der Waals surface area contributed by atoms with Crippen molar-refractivity contribution >= 4 is 15.1 Å². The second-order valence-electron chi connectivity index (χ2n) is 21.1. The maximum Gasteiger partial charge on any atom is 0.906 e. The van der Waals surface area contributed by atoms with Gasteiger partial charge in [-0.05, 0) is 38.5 Å². The van der Waals surface area contributed by atoms with Crippen molar-refractivity contribution in [2.45, 2.75) is 387 Å². The van der Waals surface area contributed by atoms with Crippen LogP contribution in [0.15, 0.2) is 0 Å². The lowest BCUT2D eigenvalue weighted by Gasteiger charge is -2.29. The third kappa shape index (κ3) is 48.9. The molecule has 0 aliphatic heterocycles. The summed E-state index contributed by atoms with van der Waals surface area (Å²) in [5.41, 5.74) is 0. The SMILES string of the molecule is CCCCCCCCCCCC(CCCCCCCC)[O][Al]([O]C(CCCCCCCC)CCCCCCCCCCC)[O]C(CCCCCCCC)CCCCCCCCCCC. The molecule has 0 radical (unpaired) electrons. The fourth-order valence-corrected chi connectivity index (χ4v) is 11.9. The van der Waals surface area contributed by atoms with Gasteiger partial charge in [0.2, 0.25) is 0 Å². The van der Waals surface area contributed by atoms with E-state index in [2.05, 4.69) is 41.5 Å². The summed E-state index contributed by atoms with van der Waals surface area (Å²) >= 11 is -2.36. The Bertz CT molecular complexity index is 718. The topological polar surface area (TPSA) is 27.7 Å². The molecule has 0 aliphatic rings. The molecule has 0 saturated heterocycles. The van der Waals surface area contributed by atoms with Crippen molar-refractivity contribution in [2.24, 2.45) is 0 Å². The molecular weight excluding hydrogens is 796 g/mol. The summed E-state index contributed by atoms with van der Waals surface area (Å²) in [6.07, 6.45) is 69.9. The lowest BCUT2D eigenvalue weighted by molar-refractivity contribution is -0.00659. The number of unbranched alkanes of at least 4 members (excludes halogenated alkanes) is 39. The largest absolute Gasteiger partial charge is 0.906 e. The molecule has 0 rings (SSSR count). The first-order valence-electron chi connectivity index (χ1n) is 30.6. The van der Waals surface area contributed by atoms with Crippen molar-refractivity contribution in [3.8, 4) is 0 Å². The van der Waals surface area contributed by atoms with Gasteiger partial charge in [0.15, 0.2) is 0 Å². The van der Waals surface area contributed by atoms with Crippen LogP contribution in [0.3, 0.4) is 0 Å². The normalized spacial score (nSPS) is 13.2. The molecule has 0 aromatic carbocycles. The molecule has 4 heteroatoms. The average Bonchev–Trinajstić information content (AvgIpc) is 3.30. The monoisotopic (exact) mass is 919 g/mol. The summed E-state index contributed by atoms with van der Waals surface area (Å²) in [7, 11) is 0. The predicted octanol–water partition coefficient (Wildman–Crippen LogP) is 22.1. The smallest absolute Gasteiger partial charge is 0.452 e. The maximum atomic E-state index is 7.41. The zero-order valence-electron chi connectivity index (χ0n) is 45.6. The molecular formula is C60H123AlO3. The highest BCUT2D eigenvalue weighted by molar-refractivity contribution is 6.36. The average molecular weight is 920 g/mol. The van der Waals surface area contributed by atoms with E-state index in [-0.39, 0.29) is 0 Å². The summed E-state index contributed by atoms with van der Waals surface area (Å²) in [6.45, 7) is 14.0. The van der Waals surface area contributed by atoms with Gasteiger partial charge >= 0.3 is 15.1 Å². The van der Waals surface area contributed by atoms with Crippen molar-refractivity contribution in [1.82, 2.24) is 0 Å². The van der Waals surface area contributed by atoms with Crippen LogP contribution in [0.25, 0.3) is 0 Å². The number of hydrogen-bond acceptors (Lipinski definition) is 3. The molecule has 3 atom stereocenters. The molecule has 0 amide bonds. The lowest BCUT2D eigenvalue weighted by atomic mass is 10.0. The summed E-state index contributed by atoms with van der Waals surface area (Å²) in [6, 6.07) is 0. The molecule has 0 bridgehead atoms. The minimum Gasteiger partial charge on any atom is -0.452 e. The maximum absolute atomic E-state index is 7.41. The Hall–Kier alpha value is 0.412. The van der Waals surface area contributed by atoms with E-state index in [4.69, 9.17) is 11.4 Å². The molecule has 0 aromatic rings. The Morgan fingerprint density at radius 1 is 0.188 bits per heavy atom. The summed E-state index contributed by atoms with van der Waals surface area (Å²) in [5.74, 6) is 0. The van der Waals surface area contributed by atoms with E-state index in [1.54, 1.807) is 0 Å². The Kier molecular flexibility index (Phi) is 56.4. The third-order valence-electron chi connectivity index (χ3n) is 14.4. The van der Waals surface area contributed by atoms with Crippen molar-refractivity contribution in [3.63, 3.8) is 0 Å². The van der Waals surface area contributed by atoms with E-state index in [0.717, 1.165) is 0 Å². The Labute approximate surface area is 411 Å². The van der Waals surface area contributed by atoms with E-state index in [0.29, 0.717) is 18.3 Å². The second kappa shape index (κ2) is 56.0. The van der Waals surface area contributed by atoms with Gasteiger partial charge in [0.05, 0.1) is 0 Å². The lowest BCUT2D eigenvalue weighted by Crippen LogP contribution is -2.39. The molecule has 0 fully saturated rings. The summed E-state index contributed by atoms with van der Waals surface area (Å²) in [5, 5.41) is 0. The van der Waals surface area contributed by atoms with Crippen LogP contribution in [0.4, 0.5) is 0 Å². The minimum atomic E-state index is -2.36. The van der Waals surface area contributed by atoms with E-state index >= 15 is 0 Å². The molecule has 0 aliphatic carbocycles. The van der Waals surface area contributed by atoms with Gasteiger partial charge in [-0.3, -0.25) is 0 Å². The quantitative estimate of drug-likeness (QED) is 0.0449. The Morgan fingerprint density at radius 3 is 0.453 bits per heavy atom. The molecule has 64 heavy (non-hydrogen) atoms. The molecule has 0 saturated carbocycles. The van der Waals surface area contributed by atoms with Crippen LogP contribution in [0.1, 0.15) is 369 Å². The molecule has 384 valence electrons. The van der Waals surface area contributed by atoms with Gasteiger partial charge in [0, 0.05) is 18.3 Å². The summed E-state index contributed by atoms with van der Waals surface area (Å²) in [4.78, 5) is 0. The van der Waals surface area contributed by atoms with Crippen LogP contribution < -0.4 is 0 Å². The fourth-order valence-electron chi connectivity index (χ4n) is 9.91. The van der Waals surface area contributed by atoms with Gasteiger partial charge in [-0.2, -0.15) is 0 Å². The summed E-state index contributed by atoms with van der Waals surface area (Å²) < 4.78 is 22.2. The van der Waals surface area contributed by atoms with Gasteiger partial charge in [0.1, 0.15) is 0 Å². The van der Waals surface area contributed by atoms with Crippen LogP contribution >= 0.6 is 0 Å². The highest BCUT2D eigenvalue weighted by Crippen LogP contribution is 2.25. The standard InChI is InChI=1S/3C20H41O.Al/c3*1-3-5-7-9-11-12-13-15-17-19-20(21)18-16-14-10-8-6-4-2;/h3*20H,3-19H2,1-2H3;/q3*-1;+3. The van der Waals surface area contributed by atoms with Gasteiger partial charge < -0.3 is 11.4 Å². The first-order chi connectivity index (χ1) is 31.6. The van der Waals surface area contributed by atoms with E-state index < -0.39 is 15.1 Å². The Balaban J connectivity index is 6.08. The molecule has 3 nitrogen and oxygen atoms in total. The van der Waals surface area contributed by atoms with Crippen molar-refractivity contribution in [1.29, 1.82) is 0 Å².